The van der Waals surface area contributed by atoms with Crippen molar-refractivity contribution in [2.45, 2.75) is 11.0 Å². The van der Waals surface area contributed by atoms with Gasteiger partial charge in [0.05, 0.1) is 31.6 Å². The molecule has 1 aromatic rings. The van der Waals surface area contributed by atoms with Crippen molar-refractivity contribution in [1.29, 1.82) is 0 Å². The molecule has 1 aliphatic rings. The lowest BCUT2D eigenvalue weighted by molar-refractivity contribution is -0.0819. The van der Waals surface area contributed by atoms with Gasteiger partial charge in [-0.15, -0.1) is 0 Å². The number of nitrogens with one attached hydrogen (secondary N) is 1. The molecule has 6 nitrogen and oxygen atoms in total. The summed E-state index contributed by atoms with van der Waals surface area (Å²) in [5, 5.41) is 8.17. The first-order valence-corrected chi connectivity index (χ1v) is 7.17. The fourth-order valence-electron chi connectivity index (χ4n) is 1.74. The molecule has 0 bridgehead atoms. The molecule has 0 aliphatic carbocycles. The van der Waals surface area contributed by atoms with Crippen molar-refractivity contribution in [3.8, 4) is 0 Å². The van der Waals surface area contributed by atoms with Crippen LogP contribution in [0, 0.1) is 0 Å². The van der Waals surface area contributed by atoms with Crippen LogP contribution in [0.2, 0.25) is 0 Å². The van der Waals surface area contributed by atoms with E-state index in [2.05, 4.69) is 5.32 Å². The summed E-state index contributed by atoms with van der Waals surface area (Å²) in [7, 11) is -3.72. The molecule has 100 valence electrons. The van der Waals surface area contributed by atoms with Gasteiger partial charge in [0.1, 0.15) is 4.90 Å². The van der Waals surface area contributed by atoms with Crippen molar-refractivity contribution in [2.24, 2.45) is 5.14 Å². The molecule has 3 N–H and O–H groups in total. The van der Waals surface area contributed by atoms with Gasteiger partial charge in [0.15, 0.2) is 0 Å². The second-order valence-electron chi connectivity index (χ2n) is 3.99. The number of hydrogen-bond acceptors (Lipinski definition) is 5. The Labute approximate surface area is 106 Å². The van der Waals surface area contributed by atoms with Crippen molar-refractivity contribution in [1.82, 2.24) is 0 Å². The summed E-state index contributed by atoms with van der Waals surface area (Å²) in [5.41, 5.74) is 0.481. The largest absolute Gasteiger partial charge is 0.381 e. The SMILES string of the molecule is NS(=O)(=O)c1ccccc1NCC1COCCO1. The maximum atomic E-state index is 11.4. The Morgan fingerprint density at radius 3 is 2.78 bits per heavy atom. The summed E-state index contributed by atoms with van der Waals surface area (Å²) < 4.78 is 33.5. The second-order valence-corrected chi connectivity index (χ2v) is 5.52. The Morgan fingerprint density at radius 1 is 1.33 bits per heavy atom. The number of rotatable bonds is 4. The third-order valence-corrected chi connectivity index (χ3v) is 3.57. The van der Waals surface area contributed by atoms with Crippen LogP contribution in [0.5, 0.6) is 0 Å². The highest BCUT2D eigenvalue weighted by molar-refractivity contribution is 7.89. The summed E-state index contributed by atoms with van der Waals surface area (Å²) >= 11 is 0. The zero-order chi connectivity index (χ0) is 13.0. The van der Waals surface area contributed by atoms with E-state index in [9.17, 15) is 8.42 Å². The molecule has 1 saturated heterocycles. The molecule has 1 fully saturated rings. The van der Waals surface area contributed by atoms with Crippen LogP contribution < -0.4 is 10.5 Å². The predicted molar refractivity (Wildman–Crippen MR) is 66.9 cm³/mol. The number of anilines is 1. The summed E-state index contributed by atoms with van der Waals surface area (Å²) in [4.78, 5) is 0.0849. The lowest BCUT2D eigenvalue weighted by Gasteiger charge is -2.23. The van der Waals surface area contributed by atoms with E-state index in [-0.39, 0.29) is 11.0 Å². The smallest absolute Gasteiger partial charge is 0.240 e. The minimum Gasteiger partial charge on any atom is -0.381 e. The van der Waals surface area contributed by atoms with Gasteiger partial charge in [0.25, 0.3) is 0 Å². The van der Waals surface area contributed by atoms with Gasteiger partial charge in [-0.2, -0.15) is 0 Å². The van der Waals surface area contributed by atoms with Crippen LogP contribution in [-0.2, 0) is 19.5 Å². The van der Waals surface area contributed by atoms with E-state index in [1.54, 1.807) is 18.2 Å². The van der Waals surface area contributed by atoms with Crippen molar-refractivity contribution >= 4 is 15.7 Å². The van der Waals surface area contributed by atoms with Gasteiger partial charge in [-0.05, 0) is 12.1 Å². The van der Waals surface area contributed by atoms with E-state index >= 15 is 0 Å². The number of hydrogen-bond donors (Lipinski definition) is 2. The number of benzene rings is 1. The molecule has 7 heteroatoms. The first kappa shape index (κ1) is 13.3. The Bertz CT molecular complexity index is 498. The van der Waals surface area contributed by atoms with Crippen LogP contribution in [0.1, 0.15) is 0 Å². The van der Waals surface area contributed by atoms with Crippen molar-refractivity contribution in [2.75, 3.05) is 31.7 Å². The molecule has 0 radical (unpaired) electrons. The number of para-hydroxylation sites is 1. The van der Waals surface area contributed by atoms with Crippen LogP contribution in [0.3, 0.4) is 0 Å². The molecule has 1 unspecified atom stereocenters. The highest BCUT2D eigenvalue weighted by Crippen LogP contribution is 2.19. The van der Waals surface area contributed by atoms with E-state index in [1.807, 2.05) is 0 Å². The third kappa shape index (κ3) is 3.42. The molecule has 0 saturated carbocycles. The number of sulfonamides is 1. The zero-order valence-electron chi connectivity index (χ0n) is 9.83. The standard InChI is InChI=1S/C11H16N2O4S/c12-18(14,15)11-4-2-1-3-10(11)13-7-9-8-16-5-6-17-9/h1-4,9,13H,5-8H2,(H2,12,14,15). The number of ether oxygens (including phenoxy) is 2. The first-order valence-electron chi connectivity index (χ1n) is 5.62. The fraction of sp³-hybridized carbons (Fsp3) is 0.455. The predicted octanol–water partition coefficient (Wildman–Crippen LogP) is 0.161. The third-order valence-electron chi connectivity index (χ3n) is 2.60. The van der Waals surface area contributed by atoms with Crippen molar-refractivity contribution in [3.05, 3.63) is 24.3 Å². The number of nitrogens with two attached hydrogens (primary N) is 1. The highest BCUT2D eigenvalue weighted by atomic mass is 32.2. The molecule has 0 amide bonds. The summed E-state index contributed by atoms with van der Waals surface area (Å²) in [6.45, 7) is 2.14. The van der Waals surface area contributed by atoms with Gasteiger partial charge in [-0.3, -0.25) is 0 Å². The van der Waals surface area contributed by atoms with Gasteiger partial charge in [0.2, 0.25) is 10.0 Å². The Hall–Kier alpha value is -1.15. The first-order chi connectivity index (χ1) is 8.57. The minimum atomic E-state index is -3.72. The monoisotopic (exact) mass is 272 g/mol. The molecule has 1 aliphatic heterocycles. The van der Waals surface area contributed by atoms with Gasteiger partial charge in [-0.25, -0.2) is 13.6 Å². The van der Waals surface area contributed by atoms with E-state index in [0.717, 1.165) is 0 Å². The molecule has 1 aromatic carbocycles. The Kier molecular flexibility index (Phi) is 4.18. The van der Waals surface area contributed by atoms with Gasteiger partial charge in [0, 0.05) is 6.54 Å². The average molecular weight is 272 g/mol. The highest BCUT2D eigenvalue weighted by Gasteiger charge is 2.17. The molecule has 0 aromatic heterocycles. The molecular formula is C11H16N2O4S. The van der Waals surface area contributed by atoms with E-state index in [1.165, 1.54) is 6.07 Å². The normalized spacial score (nSPS) is 20.6. The second kappa shape index (κ2) is 5.66. The van der Waals surface area contributed by atoms with Crippen LogP contribution in [0.4, 0.5) is 5.69 Å². The summed E-state index contributed by atoms with van der Waals surface area (Å²) in [5.74, 6) is 0. The molecule has 2 rings (SSSR count). The lowest BCUT2D eigenvalue weighted by atomic mass is 10.3. The maximum Gasteiger partial charge on any atom is 0.240 e. The quantitative estimate of drug-likeness (QED) is 0.815. The molecular weight excluding hydrogens is 256 g/mol. The average Bonchev–Trinajstić information content (AvgIpc) is 2.37. The number of primary sulfonamides is 1. The molecule has 0 spiro atoms. The van der Waals surface area contributed by atoms with Crippen molar-refractivity contribution in [3.63, 3.8) is 0 Å². The Morgan fingerprint density at radius 2 is 2.11 bits per heavy atom. The van der Waals surface area contributed by atoms with Crippen LogP contribution in [-0.4, -0.2) is 40.9 Å². The van der Waals surface area contributed by atoms with E-state index < -0.39 is 10.0 Å². The topological polar surface area (TPSA) is 90.7 Å². The minimum absolute atomic E-state index is 0.0766. The maximum absolute atomic E-state index is 11.4. The van der Waals surface area contributed by atoms with Gasteiger partial charge >= 0.3 is 0 Å². The summed E-state index contributed by atoms with van der Waals surface area (Å²) in [6.07, 6.45) is -0.0766. The molecule has 1 atom stereocenters. The zero-order valence-corrected chi connectivity index (χ0v) is 10.7. The fourth-order valence-corrected chi connectivity index (χ4v) is 2.45. The molecule has 1 heterocycles. The van der Waals surface area contributed by atoms with E-state index in [0.29, 0.717) is 32.1 Å². The molecule has 18 heavy (non-hydrogen) atoms. The lowest BCUT2D eigenvalue weighted by Crippen LogP contribution is -2.34. The van der Waals surface area contributed by atoms with Crippen LogP contribution >= 0.6 is 0 Å². The van der Waals surface area contributed by atoms with Gasteiger partial charge in [-0.1, -0.05) is 12.1 Å². The van der Waals surface area contributed by atoms with Crippen LogP contribution in [0.25, 0.3) is 0 Å². The van der Waals surface area contributed by atoms with E-state index in [4.69, 9.17) is 14.6 Å². The Balaban J connectivity index is 2.05. The van der Waals surface area contributed by atoms with Crippen molar-refractivity contribution < 1.29 is 17.9 Å². The summed E-state index contributed by atoms with van der Waals surface area (Å²) in [6, 6.07) is 6.51. The van der Waals surface area contributed by atoms with Crippen LogP contribution in [0.15, 0.2) is 29.2 Å². The van der Waals surface area contributed by atoms with Gasteiger partial charge < -0.3 is 14.8 Å².